The van der Waals surface area contributed by atoms with Crippen molar-refractivity contribution >= 4 is 45.8 Å². The number of para-hydroxylation sites is 1. The van der Waals surface area contributed by atoms with Crippen molar-refractivity contribution in [1.29, 1.82) is 0 Å². The Bertz CT molecular complexity index is 2400. The molecule has 58 heavy (non-hydrogen) atoms. The zero-order valence-electron chi connectivity index (χ0n) is 31.5. The summed E-state index contributed by atoms with van der Waals surface area (Å²) < 4.78 is 76.0. The third kappa shape index (κ3) is 7.68. The Balaban J connectivity index is 0.918. The third-order valence-corrected chi connectivity index (χ3v) is 11.7. The third-order valence-electron chi connectivity index (χ3n) is 11.7. The highest BCUT2D eigenvalue weighted by Gasteiger charge is 2.38. The quantitative estimate of drug-likeness (QED) is 0.146. The van der Waals surface area contributed by atoms with Crippen LogP contribution < -0.4 is 21.2 Å². The van der Waals surface area contributed by atoms with Crippen LogP contribution in [-0.2, 0) is 16.6 Å². The van der Waals surface area contributed by atoms with Gasteiger partial charge in [-0.2, -0.15) is 23.4 Å². The number of hydrogen-bond donors (Lipinski definition) is 2. The van der Waals surface area contributed by atoms with Crippen molar-refractivity contribution in [3.05, 3.63) is 70.8 Å². The average Bonchev–Trinajstić information content (AvgIpc) is 3.89. The van der Waals surface area contributed by atoms with Crippen LogP contribution in [0.3, 0.4) is 0 Å². The van der Waals surface area contributed by atoms with E-state index in [0.717, 1.165) is 5.69 Å². The fourth-order valence-corrected chi connectivity index (χ4v) is 8.90. The number of fused-ring (bicyclic) bond motifs is 2. The molecule has 1 unspecified atom stereocenters. The molecule has 1 aromatic carbocycles. The number of hydrogen-bond acceptors (Lipinski definition) is 9. The maximum Gasteiger partial charge on any atom is 0.401 e. The van der Waals surface area contributed by atoms with Crippen LogP contribution in [0.25, 0.3) is 16.7 Å². The maximum atomic E-state index is 14.1. The predicted molar refractivity (Wildman–Crippen MR) is 201 cm³/mol. The summed E-state index contributed by atoms with van der Waals surface area (Å²) in [6.45, 7) is 0.0628. The number of rotatable bonds is 10. The highest BCUT2D eigenvalue weighted by Crippen LogP contribution is 2.37. The molecular weight excluding hydrogens is 769 g/mol. The van der Waals surface area contributed by atoms with E-state index in [1.54, 1.807) is 31.4 Å². The smallest absolute Gasteiger partial charge is 0.370 e. The van der Waals surface area contributed by atoms with Crippen LogP contribution in [0.4, 0.5) is 33.3 Å². The number of aromatic nitrogens is 7. The van der Waals surface area contributed by atoms with Crippen LogP contribution in [0.5, 0.6) is 0 Å². The van der Waals surface area contributed by atoms with E-state index in [1.807, 2.05) is 6.07 Å². The van der Waals surface area contributed by atoms with Gasteiger partial charge in [0.2, 0.25) is 11.8 Å². The molecule has 0 spiro atoms. The van der Waals surface area contributed by atoms with Crippen molar-refractivity contribution in [1.82, 2.24) is 43.7 Å². The molecule has 1 atom stereocenters. The lowest BCUT2D eigenvalue weighted by Gasteiger charge is -2.42. The molecular formula is C38H42F5N11O4. The summed E-state index contributed by atoms with van der Waals surface area (Å²) in [6, 6.07) is 5.57. The lowest BCUT2D eigenvalue weighted by atomic mass is 9.85. The topological polar surface area (TPSA) is 157 Å². The van der Waals surface area contributed by atoms with E-state index >= 15 is 0 Å². The Morgan fingerprint density at radius 3 is 2.50 bits per heavy atom. The van der Waals surface area contributed by atoms with Crippen LogP contribution in [-0.4, -0.2) is 94.5 Å². The second-order valence-corrected chi connectivity index (χ2v) is 15.4. The van der Waals surface area contributed by atoms with E-state index in [0.29, 0.717) is 62.6 Å². The molecule has 0 radical (unpaired) electrons. The fraction of sp³-hybridized carbons (Fsp3) is 0.500. The molecule has 2 saturated heterocycles. The van der Waals surface area contributed by atoms with E-state index < -0.39 is 48.4 Å². The lowest BCUT2D eigenvalue weighted by molar-refractivity contribution is -0.153. The largest absolute Gasteiger partial charge is 0.401 e. The highest BCUT2D eigenvalue weighted by atomic mass is 19.4. The Hall–Kier alpha value is -5.66. The van der Waals surface area contributed by atoms with Gasteiger partial charge in [-0.1, -0.05) is 6.07 Å². The SMILES string of the molecule is Cn1c(=O)n(C2CCC(=O)NC2=O)c2cccc(N3CCC(N(CC4CCC(n5cc(NC(=O)c6cnn7cccnc67)c(C(F)F)n5)CC4)CC(F)(F)F)CC3)c21. The zero-order valence-corrected chi connectivity index (χ0v) is 31.5. The van der Waals surface area contributed by atoms with Gasteiger partial charge in [0.15, 0.2) is 11.3 Å². The van der Waals surface area contributed by atoms with E-state index in [-0.39, 0.29) is 60.2 Å². The standard InChI is InChI=1S/C38H42F5N11O4/c1-49-32-27(4-2-5-28(32)54(37(49)58)29-10-11-30(55)47-36(29)57)50-16-12-23(13-17-50)51(21-38(41,42)43)19-22-6-8-24(9-7-22)53-20-26(31(48-53)33(39)40)46-35(56)25-18-45-52-15-3-14-44-34(25)52/h2-5,14-15,18,20,22-24,29,33H,6-13,16-17,19,21H2,1H3,(H,46,56)(H,47,55,57). The normalized spacial score (nSPS) is 21.1. The van der Waals surface area contributed by atoms with Crippen molar-refractivity contribution in [3.8, 4) is 0 Å². The van der Waals surface area contributed by atoms with E-state index in [4.69, 9.17) is 0 Å². The van der Waals surface area contributed by atoms with Crippen LogP contribution in [0.15, 0.2) is 53.8 Å². The number of amides is 3. The Morgan fingerprint density at radius 2 is 1.79 bits per heavy atom. The molecule has 2 aliphatic heterocycles. The van der Waals surface area contributed by atoms with Gasteiger partial charge < -0.3 is 10.2 Å². The second kappa shape index (κ2) is 15.6. The Labute approximate surface area is 327 Å². The molecule has 5 aromatic rings. The number of carbonyl (C=O) groups is 3. The first-order valence-electron chi connectivity index (χ1n) is 19.3. The van der Waals surface area contributed by atoms with Crippen molar-refractivity contribution in [2.45, 2.75) is 82.1 Å². The van der Waals surface area contributed by atoms with Gasteiger partial charge in [-0.25, -0.2) is 23.1 Å². The second-order valence-electron chi connectivity index (χ2n) is 15.4. The van der Waals surface area contributed by atoms with Crippen LogP contribution in [0, 0.1) is 5.92 Å². The van der Waals surface area contributed by atoms with Gasteiger partial charge >= 0.3 is 11.9 Å². The first kappa shape index (κ1) is 39.2. The predicted octanol–water partition coefficient (Wildman–Crippen LogP) is 5.01. The van der Waals surface area contributed by atoms with Gasteiger partial charge in [-0.3, -0.25) is 38.4 Å². The first-order valence-corrected chi connectivity index (χ1v) is 19.3. The van der Waals surface area contributed by atoms with Crippen molar-refractivity contribution in [2.75, 3.05) is 36.4 Å². The first-order chi connectivity index (χ1) is 27.8. The number of imide groups is 1. The van der Waals surface area contributed by atoms with Gasteiger partial charge in [0, 0.05) is 57.7 Å². The number of carbonyl (C=O) groups excluding carboxylic acids is 3. The van der Waals surface area contributed by atoms with Gasteiger partial charge in [0.1, 0.15) is 11.6 Å². The molecule has 15 nitrogen and oxygen atoms in total. The van der Waals surface area contributed by atoms with Gasteiger partial charge in [-0.15, -0.1) is 0 Å². The minimum atomic E-state index is -4.42. The van der Waals surface area contributed by atoms with Gasteiger partial charge in [-0.05, 0) is 69.1 Å². The number of piperidine rings is 2. The number of halogens is 5. The van der Waals surface area contributed by atoms with Crippen LogP contribution >= 0.6 is 0 Å². The molecule has 8 rings (SSSR count). The monoisotopic (exact) mass is 811 g/mol. The average molecular weight is 812 g/mol. The van der Waals surface area contributed by atoms with E-state index in [9.17, 15) is 41.1 Å². The summed E-state index contributed by atoms with van der Waals surface area (Å²) in [5.41, 5.74) is 1.15. The number of benzene rings is 1. The molecule has 308 valence electrons. The number of aryl methyl sites for hydroxylation is 1. The molecule has 1 saturated carbocycles. The summed E-state index contributed by atoms with van der Waals surface area (Å²) in [7, 11) is 1.62. The summed E-state index contributed by atoms with van der Waals surface area (Å²) in [4.78, 5) is 58.7. The lowest BCUT2D eigenvalue weighted by Crippen LogP contribution is -2.50. The van der Waals surface area contributed by atoms with Crippen LogP contribution in [0.1, 0.15) is 85.9 Å². The number of nitrogens with one attached hydrogen (secondary N) is 2. The number of alkyl halides is 5. The molecule has 3 amide bonds. The Morgan fingerprint density at radius 1 is 1.03 bits per heavy atom. The summed E-state index contributed by atoms with van der Waals surface area (Å²) in [5.74, 6) is -1.64. The molecule has 20 heteroatoms. The number of imidazole rings is 1. The molecule has 6 heterocycles. The minimum Gasteiger partial charge on any atom is -0.370 e. The van der Waals surface area contributed by atoms with Crippen molar-refractivity contribution in [3.63, 3.8) is 0 Å². The van der Waals surface area contributed by atoms with Crippen LogP contribution in [0.2, 0.25) is 0 Å². The van der Waals surface area contributed by atoms with Crippen molar-refractivity contribution < 1.29 is 36.3 Å². The molecule has 4 aromatic heterocycles. The fourth-order valence-electron chi connectivity index (χ4n) is 8.90. The zero-order chi connectivity index (χ0) is 40.9. The molecule has 0 bridgehead atoms. The van der Waals surface area contributed by atoms with E-state index in [1.165, 1.54) is 41.8 Å². The number of nitrogens with zero attached hydrogens (tertiary/aromatic N) is 9. The summed E-state index contributed by atoms with van der Waals surface area (Å²) in [6.07, 6.45) is 1.77. The Kier molecular flexibility index (Phi) is 10.5. The molecule has 3 fully saturated rings. The summed E-state index contributed by atoms with van der Waals surface area (Å²) in [5, 5.41) is 13.0. The van der Waals surface area contributed by atoms with Gasteiger partial charge in [0.25, 0.3) is 12.3 Å². The highest BCUT2D eigenvalue weighted by molar-refractivity contribution is 6.08. The minimum absolute atomic E-state index is 0.0561. The maximum absolute atomic E-state index is 14.1. The molecule has 2 N–H and O–H groups in total. The molecule has 1 aliphatic carbocycles. The van der Waals surface area contributed by atoms with Gasteiger partial charge in [0.05, 0.1) is 41.2 Å². The van der Waals surface area contributed by atoms with E-state index in [2.05, 4.69) is 30.7 Å². The summed E-state index contributed by atoms with van der Waals surface area (Å²) >= 11 is 0. The number of anilines is 2. The van der Waals surface area contributed by atoms with Crippen molar-refractivity contribution in [2.24, 2.45) is 13.0 Å². The molecule has 3 aliphatic rings.